The van der Waals surface area contributed by atoms with E-state index in [1.54, 1.807) is 28.6 Å². The van der Waals surface area contributed by atoms with E-state index < -0.39 is 0 Å². The van der Waals surface area contributed by atoms with E-state index in [1.807, 2.05) is 19.2 Å². The molecule has 27 heavy (non-hydrogen) atoms. The number of aromatic nitrogens is 4. The first-order valence-electron chi connectivity index (χ1n) is 8.88. The Hall–Kier alpha value is -2.19. The lowest BCUT2D eigenvalue weighted by molar-refractivity contribution is -0.127. The zero-order valence-corrected chi connectivity index (χ0v) is 17.0. The maximum absolute atomic E-state index is 12.6. The van der Waals surface area contributed by atoms with Crippen LogP contribution in [0.1, 0.15) is 29.3 Å². The van der Waals surface area contributed by atoms with Gasteiger partial charge >= 0.3 is 0 Å². The number of hydrogen-bond donors (Lipinski definition) is 0. The molecular weight excluding hydrogens is 378 g/mol. The molecule has 3 aromatic heterocycles. The monoisotopic (exact) mass is 399 g/mol. The van der Waals surface area contributed by atoms with E-state index in [1.165, 1.54) is 22.2 Å². The number of thiophene rings is 1. The number of hydrogen-bond acceptors (Lipinski definition) is 6. The first-order valence-corrected chi connectivity index (χ1v) is 10.7. The quantitative estimate of drug-likeness (QED) is 0.566. The van der Waals surface area contributed by atoms with Crippen molar-refractivity contribution < 1.29 is 4.79 Å². The Balaban J connectivity index is 1.44. The molecule has 0 unspecified atom stereocenters. The van der Waals surface area contributed by atoms with Crippen molar-refractivity contribution in [1.82, 2.24) is 24.6 Å². The van der Waals surface area contributed by atoms with Crippen LogP contribution in [0.3, 0.4) is 0 Å². The van der Waals surface area contributed by atoms with E-state index in [0.29, 0.717) is 18.3 Å². The number of carbonyl (C=O) groups excluding carboxylic acids is 1. The van der Waals surface area contributed by atoms with Crippen LogP contribution in [-0.4, -0.2) is 43.4 Å². The minimum absolute atomic E-state index is 0.101. The summed E-state index contributed by atoms with van der Waals surface area (Å²) in [6, 6.07) is 6.41. The molecule has 1 amide bonds. The largest absolute Gasteiger partial charge is 0.340 e. The number of carbonyl (C=O) groups is 1. The number of nitrogens with zero attached hydrogens (tertiary/aromatic N) is 5. The standard InChI is InChI=1S/C19H21N5OS2/c1-13-7-10-26-16(13)11-23(2)17(25)12-27-19-22-21-18(24(19)15-3-4-15)14-5-8-20-9-6-14/h5-10,15H,3-4,11-12H2,1-2H3. The van der Waals surface area contributed by atoms with Crippen LogP contribution in [0.5, 0.6) is 0 Å². The normalized spacial score (nSPS) is 13.7. The van der Waals surface area contributed by atoms with Gasteiger partial charge in [0.1, 0.15) is 0 Å². The molecule has 6 nitrogen and oxygen atoms in total. The summed E-state index contributed by atoms with van der Waals surface area (Å²) in [4.78, 5) is 19.7. The SMILES string of the molecule is Cc1ccsc1CN(C)C(=O)CSc1nnc(-c2ccncc2)n1C1CC1. The highest BCUT2D eigenvalue weighted by Crippen LogP contribution is 2.41. The first-order chi connectivity index (χ1) is 13.1. The first kappa shape index (κ1) is 18.2. The second-order valence-corrected chi connectivity index (χ2v) is 8.65. The molecule has 0 aromatic carbocycles. The summed E-state index contributed by atoms with van der Waals surface area (Å²) in [5.74, 6) is 1.32. The Morgan fingerprint density at radius 3 is 2.74 bits per heavy atom. The van der Waals surface area contributed by atoms with Crippen molar-refractivity contribution in [1.29, 1.82) is 0 Å². The number of amides is 1. The summed E-state index contributed by atoms with van der Waals surface area (Å²) >= 11 is 3.16. The van der Waals surface area contributed by atoms with Crippen molar-refractivity contribution in [3.05, 3.63) is 46.4 Å². The second-order valence-electron chi connectivity index (χ2n) is 6.71. The molecule has 0 radical (unpaired) electrons. The smallest absolute Gasteiger partial charge is 0.233 e. The molecule has 0 bridgehead atoms. The molecule has 1 aliphatic rings. The van der Waals surface area contributed by atoms with Gasteiger partial charge in [-0.05, 0) is 48.9 Å². The predicted octanol–water partition coefficient (Wildman–Crippen LogP) is 3.80. The Kier molecular flexibility index (Phi) is 5.27. The van der Waals surface area contributed by atoms with Gasteiger partial charge in [0.05, 0.1) is 12.3 Å². The van der Waals surface area contributed by atoms with Crippen LogP contribution in [0.25, 0.3) is 11.4 Å². The van der Waals surface area contributed by atoms with Gasteiger partial charge in [-0.2, -0.15) is 0 Å². The van der Waals surface area contributed by atoms with Crippen molar-refractivity contribution in [2.24, 2.45) is 0 Å². The third kappa shape index (κ3) is 4.06. The summed E-state index contributed by atoms with van der Waals surface area (Å²) in [6.45, 7) is 2.73. The zero-order valence-electron chi connectivity index (χ0n) is 15.3. The summed E-state index contributed by atoms with van der Waals surface area (Å²) in [7, 11) is 1.86. The van der Waals surface area contributed by atoms with Gasteiger partial charge in [-0.3, -0.25) is 14.3 Å². The van der Waals surface area contributed by atoms with Gasteiger partial charge in [-0.15, -0.1) is 21.5 Å². The molecule has 140 valence electrons. The van der Waals surface area contributed by atoms with Crippen molar-refractivity contribution in [2.75, 3.05) is 12.8 Å². The fourth-order valence-electron chi connectivity index (χ4n) is 2.84. The second kappa shape index (κ2) is 7.82. The zero-order chi connectivity index (χ0) is 18.8. The third-order valence-corrected chi connectivity index (χ3v) is 6.55. The lowest BCUT2D eigenvalue weighted by atomic mass is 10.2. The summed E-state index contributed by atoms with van der Waals surface area (Å²) in [6.07, 6.45) is 5.79. The van der Waals surface area contributed by atoms with Crippen molar-refractivity contribution >= 4 is 29.0 Å². The van der Waals surface area contributed by atoms with Crippen LogP contribution >= 0.6 is 23.1 Å². The van der Waals surface area contributed by atoms with Crippen LogP contribution in [-0.2, 0) is 11.3 Å². The van der Waals surface area contributed by atoms with Crippen LogP contribution in [0.15, 0.2) is 41.1 Å². The van der Waals surface area contributed by atoms with E-state index in [9.17, 15) is 4.79 Å². The van der Waals surface area contributed by atoms with Gasteiger partial charge in [0, 0.05) is 35.9 Å². The van der Waals surface area contributed by atoms with Gasteiger partial charge in [0.25, 0.3) is 0 Å². The molecule has 4 rings (SSSR count). The number of aryl methyl sites for hydroxylation is 1. The molecule has 0 aliphatic heterocycles. The summed E-state index contributed by atoms with van der Waals surface area (Å²) < 4.78 is 2.18. The maximum Gasteiger partial charge on any atom is 0.233 e. The molecule has 1 fully saturated rings. The summed E-state index contributed by atoms with van der Waals surface area (Å²) in [5.41, 5.74) is 2.25. The average molecular weight is 400 g/mol. The predicted molar refractivity (Wildman–Crippen MR) is 108 cm³/mol. The number of pyridine rings is 1. The van der Waals surface area contributed by atoms with Gasteiger partial charge in [-0.25, -0.2) is 0 Å². The van der Waals surface area contributed by atoms with E-state index in [4.69, 9.17) is 0 Å². The van der Waals surface area contributed by atoms with E-state index >= 15 is 0 Å². The molecule has 0 saturated heterocycles. The van der Waals surface area contributed by atoms with Gasteiger partial charge in [0.2, 0.25) is 5.91 Å². The highest BCUT2D eigenvalue weighted by atomic mass is 32.2. The highest BCUT2D eigenvalue weighted by molar-refractivity contribution is 7.99. The minimum Gasteiger partial charge on any atom is -0.340 e. The average Bonchev–Trinajstić information content (AvgIpc) is 3.31. The lowest BCUT2D eigenvalue weighted by Crippen LogP contribution is -2.27. The maximum atomic E-state index is 12.6. The Labute approximate surface area is 166 Å². The Bertz CT molecular complexity index is 933. The van der Waals surface area contributed by atoms with E-state index in [-0.39, 0.29) is 5.91 Å². The molecule has 1 saturated carbocycles. The minimum atomic E-state index is 0.101. The fourth-order valence-corrected chi connectivity index (χ4v) is 4.75. The fraction of sp³-hybridized carbons (Fsp3) is 0.368. The molecular formula is C19H21N5OS2. The Morgan fingerprint density at radius 2 is 2.07 bits per heavy atom. The highest BCUT2D eigenvalue weighted by Gasteiger charge is 2.30. The van der Waals surface area contributed by atoms with E-state index in [0.717, 1.165) is 29.4 Å². The molecule has 0 atom stereocenters. The van der Waals surface area contributed by atoms with Crippen molar-refractivity contribution in [3.63, 3.8) is 0 Å². The number of thioether (sulfide) groups is 1. The molecule has 1 aliphatic carbocycles. The Morgan fingerprint density at radius 1 is 1.30 bits per heavy atom. The molecule has 0 spiro atoms. The molecule has 3 heterocycles. The lowest BCUT2D eigenvalue weighted by Gasteiger charge is -2.16. The van der Waals surface area contributed by atoms with Crippen molar-refractivity contribution in [3.8, 4) is 11.4 Å². The van der Waals surface area contributed by atoms with Gasteiger partial charge in [-0.1, -0.05) is 11.8 Å². The van der Waals surface area contributed by atoms with Crippen LogP contribution in [0, 0.1) is 6.92 Å². The number of rotatable bonds is 7. The summed E-state index contributed by atoms with van der Waals surface area (Å²) in [5, 5.41) is 11.6. The molecule has 0 N–H and O–H groups in total. The topological polar surface area (TPSA) is 63.9 Å². The van der Waals surface area contributed by atoms with Gasteiger partial charge < -0.3 is 4.90 Å². The van der Waals surface area contributed by atoms with Crippen LogP contribution in [0.2, 0.25) is 0 Å². The third-order valence-electron chi connectivity index (χ3n) is 4.61. The molecule has 3 aromatic rings. The van der Waals surface area contributed by atoms with Crippen LogP contribution < -0.4 is 0 Å². The van der Waals surface area contributed by atoms with E-state index in [2.05, 4.69) is 38.1 Å². The van der Waals surface area contributed by atoms with Crippen LogP contribution in [0.4, 0.5) is 0 Å². The molecule has 8 heteroatoms. The van der Waals surface area contributed by atoms with Crippen molar-refractivity contribution in [2.45, 2.75) is 37.5 Å². The van der Waals surface area contributed by atoms with Gasteiger partial charge in [0.15, 0.2) is 11.0 Å².